The van der Waals surface area contributed by atoms with Gasteiger partial charge in [-0.25, -0.2) is 4.79 Å². The molecule has 0 unspecified atom stereocenters. The second-order valence-corrected chi connectivity index (χ2v) is 6.96. The number of para-hydroxylation sites is 1. The maximum atomic E-state index is 12.8. The van der Waals surface area contributed by atoms with Gasteiger partial charge in [0.15, 0.2) is 5.76 Å². The number of hydrogen-bond donors (Lipinski definition) is 2. The molecule has 8 nitrogen and oxygen atoms in total. The first kappa shape index (κ1) is 18.8. The summed E-state index contributed by atoms with van der Waals surface area (Å²) in [4.78, 5) is 43.2. The summed E-state index contributed by atoms with van der Waals surface area (Å²) < 4.78 is 5.46. The third-order valence-electron chi connectivity index (χ3n) is 5.19. The molecule has 1 aromatic carbocycles. The number of aromatic amines is 1. The fourth-order valence-corrected chi connectivity index (χ4v) is 3.61. The van der Waals surface area contributed by atoms with E-state index in [2.05, 4.69) is 4.98 Å². The molecule has 3 heterocycles. The van der Waals surface area contributed by atoms with Crippen LogP contribution in [0.15, 0.2) is 40.8 Å². The number of carbonyl (C=O) groups excluding carboxylic acids is 2. The number of nitrogens with zero attached hydrogens (tertiary/aromatic N) is 2. The molecule has 0 radical (unpaired) electrons. The number of piperazine rings is 1. The SMILES string of the molecule is CCc1oc(C(=O)N2CCN(C(=O)c3cc4ccccc4[nH]3)CC2)cc1C(=O)O. The average molecular weight is 395 g/mol. The predicted octanol–water partition coefficient (Wildman–Crippen LogP) is 2.62. The summed E-state index contributed by atoms with van der Waals surface area (Å²) in [7, 11) is 0. The molecule has 2 amide bonds. The van der Waals surface area contributed by atoms with Crippen molar-refractivity contribution in [2.24, 2.45) is 0 Å². The van der Waals surface area contributed by atoms with Crippen molar-refractivity contribution in [2.45, 2.75) is 13.3 Å². The number of carboxylic acids is 1. The Hall–Kier alpha value is -3.55. The van der Waals surface area contributed by atoms with E-state index in [0.717, 1.165) is 10.9 Å². The quantitative estimate of drug-likeness (QED) is 0.706. The van der Waals surface area contributed by atoms with Crippen LogP contribution < -0.4 is 0 Å². The Morgan fingerprint density at radius 3 is 2.28 bits per heavy atom. The molecule has 0 aliphatic carbocycles. The molecule has 1 saturated heterocycles. The Labute approximate surface area is 166 Å². The van der Waals surface area contributed by atoms with Crippen molar-refractivity contribution in [3.63, 3.8) is 0 Å². The van der Waals surface area contributed by atoms with Gasteiger partial charge >= 0.3 is 5.97 Å². The molecular formula is C21H21N3O5. The minimum absolute atomic E-state index is 0.0171. The summed E-state index contributed by atoms with van der Waals surface area (Å²) >= 11 is 0. The first-order chi connectivity index (χ1) is 14.0. The molecule has 0 bridgehead atoms. The number of nitrogens with one attached hydrogen (secondary N) is 1. The van der Waals surface area contributed by atoms with Crippen LogP contribution in [0, 0.1) is 0 Å². The van der Waals surface area contributed by atoms with Gasteiger partial charge in [0, 0.05) is 49.6 Å². The van der Waals surface area contributed by atoms with Gasteiger partial charge in [-0.2, -0.15) is 0 Å². The maximum Gasteiger partial charge on any atom is 0.339 e. The zero-order chi connectivity index (χ0) is 20.5. The molecule has 1 fully saturated rings. The standard InChI is InChI=1S/C21H21N3O5/c1-2-17-14(21(27)28)12-18(29-17)20(26)24-9-7-23(8-10-24)19(25)16-11-13-5-3-4-6-15(13)22-16/h3-6,11-12,22H,2,7-10H2,1H3,(H,27,28). The van der Waals surface area contributed by atoms with Crippen LogP contribution in [-0.4, -0.2) is 63.9 Å². The smallest absolute Gasteiger partial charge is 0.339 e. The van der Waals surface area contributed by atoms with Gasteiger partial charge in [-0.05, 0) is 12.1 Å². The van der Waals surface area contributed by atoms with Crippen molar-refractivity contribution < 1.29 is 23.9 Å². The van der Waals surface area contributed by atoms with Crippen LogP contribution in [0.5, 0.6) is 0 Å². The molecule has 150 valence electrons. The van der Waals surface area contributed by atoms with Crippen molar-refractivity contribution in [1.29, 1.82) is 0 Å². The van der Waals surface area contributed by atoms with E-state index < -0.39 is 5.97 Å². The molecule has 1 aliphatic heterocycles. The number of amides is 2. The highest BCUT2D eigenvalue weighted by atomic mass is 16.4. The average Bonchev–Trinajstić information content (AvgIpc) is 3.37. The number of aryl methyl sites for hydroxylation is 1. The Bertz CT molecular complexity index is 1060. The van der Waals surface area contributed by atoms with Crippen LogP contribution in [0.1, 0.15) is 44.1 Å². The number of aromatic nitrogens is 1. The largest absolute Gasteiger partial charge is 0.478 e. The first-order valence-corrected chi connectivity index (χ1v) is 9.50. The van der Waals surface area contributed by atoms with Gasteiger partial charge < -0.3 is 24.3 Å². The first-order valence-electron chi connectivity index (χ1n) is 9.50. The summed E-state index contributed by atoms with van der Waals surface area (Å²) in [5.74, 6) is -1.26. The number of aromatic carboxylic acids is 1. The van der Waals surface area contributed by atoms with Gasteiger partial charge in [0.2, 0.25) is 0 Å². The van der Waals surface area contributed by atoms with Gasteiger partial charge in [0.05, 0.1) is 0 Å². The van der Waals surface area contributed by atoms with Crippen LogP contribution in [0.3, 0.4) is 0 Å². The second kappa shape index (κ2) is 7.46. The van der Waals surface area contributed by atoms with E-state index in [9.17, 15) is 19.5 Å². The highest BCUT2D eigenvalue weighted by Crippen LogP contribution is 2.20. The lowest BCUT2D eigenvalue weighted by Gasteiger charge is -2.34. The van der Waals surface area contributed by atoms with Gasteiger partial charge in [0.1, 0.15) is 17.0 Å². The number of H-pyrrole nitrogens is 1. The van der Waals surface area contributed by atoms with Crippen molar-refractivity contribution in [3.8, 4) is 0 Å². The van der Waals surface area contributed by atoms with Crippen molar-refractivity contribution in [2.75, 3.05) is 26.2 Å². The summed E-state index contributed by atoms with van der Waals surface area (Å²) in [6, 6.07) is 10.8. The lowest BCUT2D eigenvalue weighted by atomic mass is 10.2. The topological polar surface area (TPSA) is 107 Å². The number of hydrogen-bond acceptors (Lipinski definition) is 4. The van der Waals surface area contributed by atoms with E-state index >= 15 is 0 Å². The van der Waals surface area contributed by atoms with Gasteiger partial charge in [-0.1, -0.05) is 25.1 Å². The summed E-state index contributed by atoms with van der Waals surface area (Å²) in [6.07, 6.45) is 0.391. The van der Waals surface area contributed by atoms with E-state index in [4.69, 9.17) is 4.42 Å². The molecule has 29 heavy (non-hydrogen) atoms. The third-order valence-corrected chi connectivity index (χ3v) is 5.19. The zero-order valence-electron chi connectivity index (χ0n) is 16.0. The Morgan fingerprint density at radius 2 is 1.69 bits per heavy atom. The van der Waals surface area contributed by atoms with Crippen LogP contribution in [0.2, 0.25) is 0 Å². The number of carbonyl (C=O) groups is 3. The van der Waals surface area contributed by atoms with Crippen molar-refractivity contribution >= 4 is 28.7 Å². The van der Waals surface area contributed by atoms with E-state index in [1.807, 2.05) is 30.3 Å². The predicted molar refractivity (Wildman–Crippen MR) is 105 cm³/mol. The molecule has 2 aromatic heterocycles. The molecule has 2 N–H and O–H groups in total. The maximum absolute atomic E-state index is 12.8. The lowest BCUT2D eigenvalue weighted by Crippen LogP contribution is -2.50. The van der Waals surface area contributed by atoms with Gasteiger partial charge in [-0.15, -0.1) is 0 Å². The van der Waals surface area contributed by atoms with E-state index in [1.165, 1.54) is 6.07 Å². The van der Waals surface area contributed by atoms with E-state index in [0.29, 0.717) is 38.3 Å². The number of furan rings is 1. The number of carboxylic acid groups (broad SMARTS) is 1. The summed E-state index contributed by atoms with van der Waals surface area (Å²) in [5, 5.41) is 10.2. The summed E-state index contributed by atoms with van der Waals surface area (Å²) in [5.41, 5.74) is 1.45. The number of fused-ring (bicyclic) bond motifs is 1. The molecule has 0 atom stereocenters. The van der Waals surface area contributed by atoms with Gasteiger partial charge in [-0.3, -0.25) is 9.59 Å². The molecule has 4 rings (SSSR count). The molecule has 0 saturated carbocycles. The molecule has 3 aromatic rings. The normalized spacial score (nSPS) is 14.4. The Kier molecular flexibility index (Phi) is 4.84. The third kappa shape index (κ3) is 3.49. The molecule has 0 spiro atoms. The minimum atomic E-state index is -1.11. The monoisotopic (exact) mass is 395 g/mol. The van der Waals surface area contributed by atoms with E-state index in [-0.39, 0.29) is 28.9 Å². The van der Waals surface area contributed by atoms with Crippen LogP contribution in [0.4, 0.5) is 0 Å². The van der Waals surface area contributed by atoms with Gasteiger partial charge in [0.25, 0.3) is 11.8 Å². The molecule has 8 heteroatoms. The molecule has 1 aliphatic rings. The van der Waals surface area contributed by atoms with Crippen molar-refractivity contribution in [1.82, 2.24) is 14.8 Å². The fraction of sp³-hybridized carbons (Fsp3) is 0.286. The molecular weight excluding hydrogens is 374 g/mol. The summed E-state index contributed by atoms with van der Waals surface area (Å²) in [6.45, 7) is 3.28. The number of rotatable bonds is 4. The van der Waals surface area contributed by atoms with Crippen LogP contribution in [0.25, 0.3) is 10.9 Å². The van der Waals surface area contributed by atoms with Crippen molar-refractivity contribution in [3.05, 3.63) is 59.2 Å². The fourth-order valence-electron chi connectivity index (χ4n) is 3.61. The highest BCUT2D eigenvalue weighted by Gasteiger charge is 2.29. The minimum Gasteiger partial charge on any atom is -0.478 e. The highest BCUT2D eigenvalue weighted by molar-refractivity contribution is 5.99. The Balaban J connectivity index is 1.43. The van der Waals surface area contributed by atoms with Crippen LogP contribution >= 0.6 is 0 Å². The van der Waals surface area contributed by atoms with Crippen LogP contribution in [-0.2, 0) is 6.42 Å². The second-order valence-electron chi connectivity index (χ2n) is 6.96. The number of benzene rings is 1. The Morgan fingerprint density at radius 1 is 1.03 bits per heavy atom. The lowest BCUT2D eigenvalue weighted by molar-refractivity contribution is 0.0515. The zero-order valence-corrected chi connectivity index (χ0v) is 16.0. The van der Waals surface area contributed by atoms with E-state index in [1.54, 1.807) is 16.7 Å².